The van der Waals surface area contributed by atoms with E-state index in [9.17, 15) is 18.0 Å². The highest BCUT2D eigenvalue weighted by Crippen LogP contribution is 2.39. The average molecular weight is 535 g/mol. The van der Waals surface area contributed by atoms with Crippen LogP contribution in [0.25, 0.3) is 0 Å². The predicted octanol–water partition coefficient (Wildman–Crippen LogP) is 5.14. The first-order valence-corrected chi connectivity index (χ1v) is 13.6. The number of Topliss-reactive ketones (excluding diaryl/α,β-unsaturated/α-hetero) is 1. The summed E-state index contributed by atoms with van der Waals surface area (Å²) in [6, 6.07) is 0. The fraction of sp³-hybridized carbons (Fsp3) is 0.739. The van der Waals surface area contributed by atoms with E-state index in [-0.39, 0.29) is 16.9 Å². The van der Waals surface area contributed by atoms with E-state index in [4.69, 9.17) is 4.74 Å². The summed E-state index contributed by atoms with van der Waals surface area (Å²) in [5, 5.41) is 9.62. The molecule has 1 saturated carbocycles. The molecule has 0 atom stereocenters. The Morgan fingerprint density at radius 3 is 2.60 bits per heavy atom. The van der Waals surface area contributed by atoms with Crippen LogP contribution in [0.15, 0.2) is 0 Å². The quantitative estimate of drug-likeness (QED) is 0.416. The number of carbonyl (C=O) groups excluding carboxylic acids is 1. The van der Waals surface area contributed by atoms with E-state index in [1.807, 2.05) is 6.92 Å². The van der Waals surface area contributed by atoms with Crippen LogP contribution < -0.4 is 4.74 Å². The maximum Gasteiger partial charge on any atom is 0.422 e. The van der Waals surface area contributed by atoms with E-state index < -0.39 is 18.5 Å². The third-order valence-electron chi connectivity index (χ3n) is 6.75. The number of nitrogens with zero attached hydrogens (tertiary/aromatic N) is 4. The summed E-state index contributed by atoms with van der Waals surface area (Å²) in [7, 11) is 0. The van der Waals surface area contributed by atoms with E-state index in [1.165, 1.54) is 22.7 Å². The summed E-state index contributed by atoms with van der Waals surface area (Å²) < 4.78 is 57.4. The molecule has 6 nitrogen and oxygen atoms in total. The zero-order chi connectivity index (χ0) is 25.1. The molecule has 0 saturated heterocycles. The van der Waals surface area contributed by atoms with Gasteiger partial charge in [0.15, 0.2) is 6.61 Å². The highest BCUT2D eigenvalue weighted by molar-refractivity contribution is 7.13. The number of hydrogen-bond acceptors (Lipinski definition) is 8. The number of ketones is 1. The van der Waals surface area contributed by atoms with Gasteiger partial charge in [-0.3, -0.25) is 4.79 Å². The molecule has 194 valence electrons. The normalized spacial score (nSPS) is 23.6. The van der Waals surface area contributed by atoms with Crippen LogP contribution in [-0.4, -0.2) is 64.0 Å². The number of thiazole rings is 1. The minimum atomic E-state index is -4.38. The van der Waals surface area contributed by atoms with Crippen LogP contribution in [0.3, 0.4) is 0 Å². The Morgan fingerprint density at radius 1 is 1.17 bits per heavy atom. The van der Waals surface area contributed by atoms with Crippen LogP contribution in [0.1, 0.15) is 59.1 Å². The number of fused-ring (bicyclic) bond motifs is 1. The van der Waals surface area contributed by atoms with Gasteiger partial charge in [-0.05, 0) is 51.4 Å². The van der Waals surface area contributed by atoms with Gasteiger partial charge in [-0.15, -0.1) is 21.5 Å². The number of aryl methyl sites for hydroxylation is 1. The van der Waals surface area contributed by atoms with Crippen molar-refractivity contribution in [2.24, 2.45) is 5.92 Å². The van der Waals surface area contributed by atoms with E-state index in [2.05, 4.69) is 20.1 Å². The van der Waals surface area contributed by atoms with Crippen LogP contribution in [0.4, 0.5) is 17.6 Å². The Balaban J connectivity index is 1.17. The summed E-state index contributed by atoms with van der Waals surface area (Å²) in [6.07, 6.45) is 0.571. The van der Waals surface area contributed by atoms with E-state index >= 15 is 4.39 Å². The molecule has 1 fully saturated rings. The molecule has 0 bridgehead atoms. The molecule has 0 radical (unpaired) electrons. The first-order chi connectivity index (χ1) is 16.6. The lowest BCUT2D eigenvalue weighted by Crippen LogP contribution is -2.36. The van der Waals surface area contributed by atoms with E-state index in [0.717, 1.165) is 40.0 Å². The van der Waals surface area contributed by atoms with Crippen LogP contribution >= 0.6 is 22.7 Å². The number of rotatable bonds is 9. The monoisotopic (exact) mass is 534 g/mol. The van der Waals surface area contributed by atoms with Gasteiger partial charge >= 0.3 is 6.18 Å². The van der Waals surface area contributed by atoms with Crippen LogP contribution in [0.5, 0.6) is 5.19 Å². The smallest absolute Gasteiger partial charge is 0.422 e. The number of hydrogen-bond donors (Lipinski definition) is 0. The van der Waals surface area contributed by atoms with E-state index in [0.29, 0.717) is 58.0 Å². The molecule has 0 spiro atoms. The molecule has 0 N–H and O–H groups in total. The van der Waals surface area contributed by atoms with Gasteiger partial charge in [-0.2, -0.15) is 13.2 Å². The van der Waals surface area contributed by atoms with Crippen molar-refractivity contribution >= 4 is 28.5 Å². The van der Waals surface area contributed by atoms with Crippen LogP contribution in [-0.2, 0) is 24.1 Å². The van der Waals surface area contributed by atoms with Crippen LogP contribution in [0.2, 0.25) is 0 Å². The van der Waals surface area contributed by atoms with E-state index in [1.54, 1.807) is 0 Å². The number of carbonyl (C=O) groups is 1. The van der Waals surface area contributed by atoms with Crippen LogP contribution in [0, 0.1) is 12.8 Å². The van der Waals surface area contributed by atoms with Gasteiger partial charge in [0.25, 0.3) is 5.19 Å². The number of aromatic nitrogens is 3. The highest BCUT2D eigenvalue weighted by Gasteiger charge is 2.36. The van der Waals surface area contributed by atoms with Crippen molar-refractivity contribution < 1.29 is 27.1 Å². The third-order valence-corrected chi connectivity index (χ3v) is 8.66. The SMILES string of the molecule is Cc1nnc(CC(=O)CC2CCC(F)(CCN3CCc4nc(OCC(F)(F)F)sc4CC3)CC2)s1. The van der Waals surface area contributed by atoms with Crippen molar-refractivity contribution in [3.8, 4) is 5.19 Å². The van der Waals surface area contributed by atoms with Gasteiger partial charge < -0.3 is 9.64 Å². The maximum absolute atomic E-state index is 15.5. The maximum atomic E-state index is 15.5. The standard InChI is InChI=1S/C23H30F4N4O2S2/c1-15-29-30-20(34-15)13-17(32)12-16-2-6-22(24,7-3-16)8-11-31-9-4-18-19(5-10-31)35-21(28-18)33-14-23(25,26)27/h16H,2-14H2,1H3. The first-order valence-electron chi connectivity index (χ1n) is 12.0. The second-order valence-electron chi connectivity index (χ2n) is 9.57. The molecule has 2 aromatic rings. The Kier molecular flexibility index (Phi) is 8.42. The zero-order valence-electron chi connectivity index (χ0n) is 19.7. The molecule has 4 rings (SSSR count). The average Bonchev–Trinajstić information content (AvgIpc) is 3.33. The number of alkyl halides is 4. The molecule has 2 aliphatic rings. The molecule has 0 aromatic carbocycles. The van der Waals surface area contributed by atoms with Gasteiger partial charge in [0.05, 0.1) is 12.1 Å². The predicted molar refractivity (Wildman–Crippen MR) is 126 cm³/mol. The Bertz CT molecular complexity index is 977. The largest absolute Gasteiger partial charge is 0.460 e. The van der Waals surface area contributed by atoms with Crippen molar-refractivity contribution in [2.75, 3.05) is 26.2 Å². The van der Waals surface area contributed by atoms with Crippen molar-refractivity contribution in [3.05, 3.63) is 20.6 Å². The topological polar surface area (TPSA) is 68.2 Å². The molecule has 0 unspecified atom stereocenters. The molecular formula is C23H30F4N4O2S2. The van der Waals surface area contributed by atoms with Gasteiger partial charge in [0.2, 0.25) is 0 Å². The Morgan fingerprint density at radius 2 is 1.91 bits per heavy atom. The molecule has 1 aliphatic carbocycles. The Labute approximate surface area is 210 Å². The minimum absolute atomic E-state index is 0.0668. The molecule has 35 heavy (non-hydrogen) atoms. The minimum Gasteiger partial charge on any atom is -0.460 e. The zero-order valence-corrected chi connectivity index (χ0v) is 21.3. The fourth-order valence-electron chi connectivity index (χ4n) is 4.79. The van der Waals surface area contributed by atoms with Crippen molar-refractivity contribution in [1.29, 1.82) is 0 Å². The van der Waals surface area contributed by atoms with Gasteiger partial charge in [0.1, 0.15) is 21.5 Å². The summed E-state index contributed by atoms with van der Waals surface area (Å²) in [5.74, 6) is 0.379. The lowest BCUT2D eigenvalue weighted by molar-refractivity contribution is -0.153. The molecular weight excluding hydrogens is 504 g/mol. The molecule has 12 heteroatoms. The highest BCUT2D eigenvalue weighted by atomic mass is 32.1. The molecule has 1 aliphatic heterocycles. The third kappa shape index (κ3) is 7.91. The van der Waals surface area contributed by atoms with Crippen molar-refractivity contribution in [3.63, 3.8) is 0 Å². The number of halogens is 4. The molecule has 0 amide bonds. The first kappa shape index (κ1) is 26.4. The molecule has 3 heterocycles. The summed E-state index contributed by atoms with van der Waals surface area (Å²) in [6.45, 7) is 2.61. The Hall–Kier alpha value is -1.66. The van der Waals surface area contributed by atoms with Crippen molar-refractivity contribution in [1.82, 2.24) is 20.1 Å². The van der Waals surface area contributed by atoms with Gasteiger partial charge in [0, 0.05) is 37.4 Å². The van der Waals surface area contributed by atoms with Crippen molar-refractivity contribution in [2.45, 2.75) is 76.6 Å². The lowest BCUT2D eigenvalue weighted by atomic mass is 9.76. The number of ether oxygens (including phenoxy) is 1. The summed E-state index contributed by atoms with van der Waals surface area (Å²) in [4.78, 5) is 19.8. The fourth-order valence-corrected chi connectivity index (χ4v) is 6.47. The van der Waals surface area contributed by atoms with Gasteiger partial charge in [-0.1, -0.05) is 11.3 Å². The summed E-state index contributed by atoms with van der Waals surface area (Å²) >= 11 is 2.62. The second-order valence-corrected chi connectivity index (χ2v) is 11.9. The second kappa shape index (κ2) is 11.2. The summed E-state index contributed by atoms with van der Waals surface area (Å²) in [5.41, 5.74) is -0.414. The lowest BCUT2D eigenvalue weighted by Gasteiger charge is -2.35. The molecule has 2 aromatic heterocycles. The van der Waals surface area contributed by atoms with Gasteiger partial charge in [-0.25, -0.2) is 9.37 Å².